The zero-order valence-electron chi connectivity index (χ0n) is 28.0. The molecule has 5 rings (SSSR count). The second-order valence-electron chi connectivity index (χ2n) is 12.4. The molecule has 47 heavy (non-hydrogen) atoms. The van der Waals surface area contributed by atoms with E-state index >= 15 is 0 Å². The molecule has 4 aromatic carbocycles. The van der Waals surface area contributed by atoms with Crippen molar-refractivity contribution in [3.05, 3.63) is 150 Å². The third kappa shape index (κ3) is 9.25. The Kier molecular flexibility index (Phi) is 13.3. The second-order valence-corrected chi connectivity index (χ2v) is 12.4. The van der Waals surface area contributed by atoms with Crippen LogP contribution in [0.1, 0.15) is 92.5 Å². The molecule has 244 valence electrons. The van der Waals surface area contributed by atoms with Crippen molar-refractivity contribution in [1.82, 2.24) is 0 Å². The van der Waals surface area contributed by atoms with Crippen LogP contribution in [0.3, 0.4) is 0 Å². The van der Waals surface area contributed by atoms with E-state index in [1.165, 1.54) is 31.2 Å². The van der Waals surface area contributed by atoms with E-state index in [0.29, 0.717) is 12.8 Å². The van der Waals surface area contributed by atoms with Gasteiger partial charge in [0.1, 0.15) is 5.75 Å². The van der Waals surface area contributed by atoms with Crippen molar-refractivity contribution in [3.8, 4) is 17.6 Å². The Morgan fingerprint density at radius 1 is 0.809 bits per heavy atom. The van der Waals surface area contributed by atoms with Crippen LogP contribution in [0.4, 0.5) is 0 Å². The van der Waals surface area contributed by atoms with Gasteiger partial charge in [-0.05, 0) is 50.2 Å². The first-order valence-electron chi connectivity index (χ1n) is 17.5. The highest BCUT2D eigenvalue weighted by Gasteiger charge is 2.39. The molecule has 3 nitrogen and oxygen atoms in total. The lowest BCUT2D eigenvalue weighted by atomic mass is 9.80. The van der Waals surface area contributed by atoms with Crippen LogP contribution in [0.5, 0.6) is 5.75 Å². The van der Waals surface area contributed by atoms with Crippen LogP contribution in [-0.4, -0.2) is 19.0 Å². The Morgan fingerprint density at radius 2 is 1.47 bits per heavy atom. The molecule has 4 aromatic rings. The lowest BCUT2D eigenvalue weighted by molar-refractivity contribution is -0.190. The van der Waals surface area contributed by atoms with Gasteiger partial charge in [0, 0.05) is 41.7 Å². The molecule has 0 aliphatic carbocycles. The first-order chi connectivity index (χ1) is 23.2. The van der Waals surface area contributed by atoms with Gasteiger partial charge in [0.15, 0.2) is 11.9 Å². The SMILES string of the molecule is C=CCc1c(CC#CCC[C@@H](CCCCC)OC2CCCCO2)cccc1OC(c1ccccc1)(c1ccccc1)c1ccccc1. The van der Waals surface area contributed by atoms with Gasteiger partial charge in [0.25, 0.3) is 0 Å². The van der Waals surface area contributed by atoms with Gasteiger partial charge >= 0.3 is 0 Å². The maximum absolute atomic E-state index is 7.34. The van der Waals surface area contributed by atoms with Crippen LogP contribution < -0.4 is 4.74 Å². The second kappa shape index (κ2) is 18.3. The van der Waals surface area contributed by atoms with Crippen molar-refractivity contribution < 1.29 is 14.2 Å². The van der Waals surface area contributed by atoms with Crippen LogP contribution in [-0.2, 0) is 27.9 Å². The third-order valence-corrected chi connectivity index (χ3v) is 8.99. The molecule has 0 saturated carbocycles. The van der Waals surface area contributed by atoms with E-state index in [-0.39, 0.29) is 12.4 Å². The molecule has 0 bridgehead atoms. The molecule has 0 spiro atoms. The predicted octanol–water partition coefficient (Wildman–Crippen LogP) is 10.6. The molecule has 1 aliphatic heterocycles. The van der Waals surface area contributed by atoms with Crippen LogP contribution >= 0.6 is 0 Å². The molecule has 1 heterocycles. The number of allylic oxidation sites excluding steroid dienone is 1. The highest BCUT2D eigenvalue weighted by Crippen LogP contribution is 2.42. The Balaban J connectivity index is 1.39. The van der Waals surface area contributed by atoms with E-state index < -0.39 is 5.60 Å². The molecular weight excluding hydrogens is 576 g/mol. The summed E-state index contributed by atoms with van der Waals surface area (Å²) in [4.78, 5) is 0. The Hall–Kier alpha value is -4.10. The van der Waals surface area contributed by atoms with Gasteiger partial charge in [0.2, 0.25) is 0 Å². The Bertz CT molecular complexity index is 1450. The van der Waals surface area contributed by atoms with Crippen LogP contribution in [0.2, 0.25) is 0 Å². The average Bonchev–Trinajstić information content (AvgIpc) is 3.13. The highest BCUT2D eigenvalue weighted by atomic mass is 16.7. The average molecular weight is 627 g/mol. The van der Waals surface area contributed by atoms with Gasteiger partial charge in [-0.2, -0.15) is 0 Å². The molecular formula is C44H50O3. The minimum absolute atomic E-state index is 0.0534. The minimum atomic E-state index is -0.848. The van der Waals surface area contributed by atoms with Crippen molar-refractivity contribution in [2.24, 2.45) is 0 Å². The fourth-order valence-corrected chi connectivity index (χ4v) is 6.52. The molecule has 1 unspecified atom stereocenters. The third-order valence-electron chi connectivity index (χ3n) is 8.99. The van der Waals surface area contributed by atoms with E-state index in [0.717, 1.165) is 66.7 Å². The van der Waals surface area contributed by atoms with Gasteiger partial charge in [-0.3, -0.25) is 0 Å². The van der Waals surface area contributed by atoms with Crippen molar-refractivity contribution >= 4 is 0 Å². The Labute approximate surface area is 283 Å². The molecule has 0 radical (unpaired) electrons. The molecule has 0 aromatic heterocycles. The highest BCUT2D eigenvalue weighted by molar-refractivity contribution is 5.51. The van der Waals surface area contributed by atoms with Crippen LogP contribution in [0, 0.1) is 11.8 Å². The number of hydrogen-bond acceptors (Lipinski definition) is 3. The first-order valence-corrected chi connectivity index (χ1v) is 17.5. The van der Waals surface area contributed by atoms with Gasteiger partial charge in [-0.15, -0.1) is 12.5 Å². The summed E-state index contributed by atoms with van der Waals surface area (Å²) in [5, 5.41) is 0. The lowest BCUT2D eigenvalue weighted by Crippen LogP contribution is -2.36. The summed E-state index contributed by atoms with van der Waals surface area (Å²) < 4.78 is 19.6. The quantitative estimate of drug-likeness (QED) is 0.0536. The Morgan fingerprint density at radius 3 is 2.04 bits per heavy atom. The molecule has 1 saturated heterocycles. The van der Waals surface area contributed by atoms with E-state index in [2.05, 4.69) is 135 Å². The zero-order valence-corrected chi connectivity index (χ0v) is 28.0. The largest absolute Gasteiger partial charge is 0.473 e. The van der Waals surface area contributed by atoms with E-state index in [1.54, 1.807) is 0 Å². The monoisotopic (exact) mass is 626 g/mol. The molecule has 0 amide bonds. The van der Waals surface area contributed by atoms with Crippen molar-refractivity contribution in [3.63, 3.8) is 0 Å². The summed E-state index contributed by atoms with van der Waals surface area (Å²) in [5.41, 5.74) is 4.66. The summed E-state index contributed by atoms with van der Waals surface area (Å²) in [6.45, 7) is 7.16. The summed E-state index contributed by atoms with van der Waals surface area (Å²) >= 11 is 0. The smallest absolute Gasteiger partial charge is 0.184 e. The van der Waals surface area contributed by atoms with Gasteiger partial charge in [-0.1, -0.05) is 141 Å². The minimum Gasteiger partial charge on any atom is -0.473 e. The van der Waals surface area contributed by atoms with Crippen molar-refractivity contribution in [1.29, 1.82) is 0 Å². The predicted molar refractivity (Wildman–Crippen MR) is 193 cm³/mol. The molecule has 3 heteroatoms. The maximum atomic E-state index is 7.34. The number of benzene rings is 4. The molecule has 0 N–H and O–H groups in total. The van der Waals surface area contributed by atoms with Gasteiger partial charge in [-0.25, -0.2) is 0 Å². The molecule has 2 atom stereocenters. The summed E-state index contributed by atoms with van der Waals surface area (Å²) in [5.74, 6) is 7.80. The standard InChI is InChI=1S/C44H50O3/c1-3-5-10-31-40(46-43-34-19-20-35-45-43)32-18-6-11-23-36-24-21-33-42(41(36)22-4-2)47-44(37-25-12-7-13-26-37,38-27-14-8-15-28-38)39-29-16-9-17-30-39/h4,7-9,12-17,21,24-30,33,40,43H,2-3,5,10,18-20,22-23,31-32,34-35H2,1H3/t40-,43?/m1/s1. The van der Waals surface area contributed by atoms with Gasteiger partial charge < -0.3 is 14.2 Å². The summed E-state index contributed by atoms with van der Waals surface area (Å²) in [6.07, 6.45) is 13.2. The van der Waals surface area contributed by atoms with E-state index in [1.807, 2.05) is 6.08 Å². The molecule has 1 fully saturated rings. The number of rotatable bonds is 16. The van der Waals surface area contributed by atoms with Crippen LogP contribution in [0.15, 0.2) is 122 Å². The van der Waals surface area contributed by atoms with Gasteiger partial charge in [0.05, 0.1) is 6.10 Å². The number of ether oxygens (including phenoxy) is 3. The number of hydrogen-bond donors (Lipinski definition) is 0. The maximum Gasteiger partial charge on any atom is 0.184 e. The number of unbranched alkanes of at least 4 members (excludes halogenated alkanes) is 2. The van der Waals surface area contributed by atoms with Crippen LogP contribution in [0.25, 0.3) is 0 Å². The van der Waals surface area contributed by atoms with Crippen molar-refractivity contribution in [2.45, 2.75) is 95.5 Å². The van der Waals surface area contributed by atoms with Crippen molar-refractivity contribution in [2.75, 3.05) is 6.61 Å². The molecule has 1 aliphatic rings. The van der Waals surface area contributed by atoms with E-state index in [9.17, 15) is 0 Å². The van der Waals surface area contributed by atoms with E-state index in [4.69, 9.17) is 14.2 Å². The lowest BCUT2D eigenvalue weighted by Gasteiger charge is -2.37. The fourth-order valence-electron chi connectivity index (χ4n) is 6.52. The first kappa shape index (κ1) is 34.2. The normalized spacial score (nSPS) is 15.3. The topological polar surface area (TPSA) is 27.7 Å². The summed E-state index contributed by atoms with van der Waals surface area (Å²) in [6, 6.07) is 37.9. The summed E-state index contributed by atoms with van der Waals surface area (Å²) in [7, 11) is 0. The fraction of sp³-hybridized carbons (Fsp3) is 0.364. The zero-order chi connectivity index (χ0) is 32.6.